The van der Waals surface area contributed by atoms with Crippen molar-refractivity contribution in [3.63, 3.8) is 0 Å². The van der Waals surface area contributed by atoms with Crippen molar-refractivity contribution < 1.29 is 9.90 Å². The third-order valence-electron chi connectivity index (χ3n) is 3.66. The van der Waals surface area contributed by atoms with Gasteiger partial charge in [-0.1, -0.05) is 43.3 Å². The summed E-state index contributed by atoms with van der Waals surface area (Å²) in [6, 6.07) is 12.7. The fourth-order valence-electron chi connectivity index (χ4n) is 2.53. The summed E-state index contributed by atoms with van der Waals surface area (Å²) in [5, 5.41) is 11.4. The summed E-state index contributed by atoms with van der Waals surface area (Å²) in [6.07, 6.45) is 2.11. The Morgan fingerprint density at radius 1 is 1.16 bits per heavy atom. The lowest BCUT2D eigenvalue weighted by Gasteiger charge is -2.12. The van der Waals surface area contributed by atoms with Crippen LogP contribution in [-0.2, 0) is 11.2 Å². The Hall–Kier alpha value is -1.83. The van der Waals surface area contributed by atoms with Crippen LogP contribution >= 0.6 is 0 Å². The molecule has 0 spiro atoms. The summed E-state index contributed by atoms with van der Waals surface area (Å²) >= 11 is 0. The molecule has 0 heterocycles. The maximum atomic E-state index is 10.7. The molecule has 0 fully saturated rings. The Balaban J connectivity index is 2.17. The minimum absolute atomic E-state index is 0.220. The largest absolute Gasteiger partial charge is 0.481 e. The lowest BCUT2D eigenvalue weighted by atomic mass is 9.93. The SMILES string of the molecule is Cc1ccc(CCC(C)CC(=O)O)c2ccccc12. The smallest absolute Gasteiger partial charge is 0.303 e. The molecule has 0 aliphatic rings. The molecule has 0 bridgehead atoms. The lowest BCUT2D eigenvalue weighted by molar-refractivity contribution is -0.138. The summed E-state index contributed by atoms with van der Waals surface area (Å²) in [5.74, 6) is -0.487. The molecule has 2 nitrogen and oxygen atoms in total. The minimum atomic E-state index is -0.707. The van der Waals surface area contributed by atoms with E-state index in [0.29, 0.717) is 0 Å². The highest BCUT2D eigenvalue weighted by molar-refractivity contribution is 5.88. The maximum absolute atomic E-state index is 10.7. The average molecular weight is 256 g/mol. The number of aryl methyl sites for hydroxylation is 2. The average Bonchev–Trinajstić information content (AvgIpc) is 2.37. The van der Waals surface area contributed by atoms with Crippen LogP contribution < -0.4 is 0 Å². The number of hydrogen-bond donors (Lipinski definition) is 1. The van der Waals surface area contributed by atoms with Crippen molar-refractivity contribution in [1.82, 2.24) is 0 Å². The molecule has 0 aliphatic heterocycles. The Kier molecular flexibility index (Phi) is 4.20. The number of benzene rings is 2. The zero-order valence-electron chi connectivity index (χ0n) is 11.5. The van der Waals surface area contributed by atoms with Gasteiger partial charge in [0.25, 0.3) is 0 Å². The van der Waals surface area contributed by atoms with Crippen molar-refractivity contribution in [3.8, 4) is 0 Å². The summed E-state index contributed by atoms with van der Waals surface area (Å²) < 4.78 is 0. The van der Waals surface area contributed by atoms with Gasteiger partial charge in [0, 0.05) is 6.42 Å². The molecule has 2 aromatic carbocycles. The van der Waals surface area contributed by atoms with E-state index >= 15 is 0 Å². The van der Waals surface area contributed by atoms with Crippen molar-refractivity contribution in [2.24, 2.45) is 5.92 Å². The molecule has 0 aromatic heterocycles. The Morgan fingerprint density at radius 3 is 2.53 bits per heavy atom. The van der Waals surface area contributed by atoms with Gasteiger partial charge in [-0.15, -0.1) is 0 Å². The van der Waals surface area contributed by atoms with Gasteiger partial charge in [-0.2, -0.15) is 0 Å². The van der Waals surface area contributed by atoms with E-state index in [0.717, 1.165) is 12.8 Å². The molecule has 2 rings (SSSR count). The van der Waals surface area contributed by atoms with Gasteiger partial charge in [0.2, 0.25) is 0 Å². The standard InChI is InChI=1S/C17H20O2/c1-12(11-17(18)19)7-9-14-10-8-13(2)15-5-3-4-6-16(14)15/h3-6,8,10,12H,7,9,11H2,1-2H3,(H,18,19). The van der Waals surface area contributed by atoms with E-state index in [1.54, 1.807) is 0 Å². The van der Waals surface area contributed by atoms with Gasteiger partial charge in [-0.3, -0.25) is 4.79 Å². The minimum Gasteiger partial charge on any atom is -0.481 e. The van der Waals surface area contributed by atoms with Crippen LogP contribution in [0.4, 0.5) is 0 Å². The third-order valence-corrected chi connectivity index (χ3v) is 3.66. The topological polar surface area (TPSA) is 37.3 Å². The van der Waals surface area contributed by atoms with E-state index in [1.165, 1.54) is 21.9 Å². The molecule has 1 atom stereocenters. The molecule has 19 heavy (non-hydrogen) atoms. The second-order valence-electron chi connectivity index (χ2n) is 5.33. The van der Waals surface area contributed by atoms with Crippen LogP contribution in [0.25, 0.3) is 10.8 Å². The summed E-state index contributed by atoms with van der Waals surface area (Å²) in [6.45, 7) is 4.13. The van der Waals surface area contributed by atoms with Gasteiger partial charge in [-0.25, -0.2) is 0 Å². The van der Waals surface area contributed by atoms with E-state index in [4.69, 9.17) is 5.11 Å². The maximum Gasteiger partial charge on any atom is 0.303 e. The fourth-order valence-corrected chi connectivity index (χ4v) is 2.53. The monoisotopic (exact) mass is 256 g/mol. The van der Waals surface area contributed by atoms with Gasteiger partial charge in [0.05, 0.1) is 0 Å². The van der Waals surface area contributed by atoms with Crippen LogP contribution in [0.2, 0.25) is 0 Å². The Morgan fingerprint density at radius 2 is 1.84 bits per heavy atom. The lowest BCUT2D eigenvalue weighted by Crippen LogP contribution is -2.05. The molecule has 1 unspecified atom stereocenters. The van der Waals surface area contributed by atoms with Crippen LogP contribution in [0.3, 0.4) is 0 Å². The molecule has 0 amide bonds. The molecule has 0 saturated carbocycles. The highest BCUT2D eigenvalue weighted by Crippen LogP contribution is 2.24. The van der Waals surface area contributed by atoms with Crippen molar-refractivity contribution in [2.45, 2.75) is 33.1 Å². The Labute approximate surface area is 114 Å². The molecule has 100 valence electrons. The highest BCUT2D eigenvalue weighted by atomic mass is 16.4. The van der Waals surface area contributed by atoms with E-state index in [1.807, 2.05) is 6.92 Å². The predicted molar refractivity (Wildman–Crippen MR) is 78.4 cm³/mol. The van der Waals surface area contributed by atoms with Crippen LogP contribution in [0.5, 0.6) is 0 Å². The van der Waals surface area contributed by atoms with Gasteiger partial charge >= 0.3 is 5.97 Å². The predicted octanol–water partition coefficient (Wildman–Crippen LogP) is 4.19. The molecule has 0 radical (unpaired) electrons. The first-order valence-corrected chi connectivity index (χ1v) is 6.77. The van der Waals surface area contributed by atoms with E-state index in [9.17, 15) is 4.79 Å². The quantitative estimate of drug-likeness (QED) is 0.870. The highest BCUT2D eigenvalue weighted by Gasteiger charge is 2.09. The fraction of sp³-hybridized carbons (Fsp3) is 0.353. The molecule has 1 N–H and O–H groups in total. The van der Waals surface area contributed by atoms with Crippen molar-refractivity contribution in [3.05, 3.63) is 47.5 Å². The first kappa shape index (κ1) is 13.6. The van der Waals surface area contributed by atoms with Gasteiger partial charge in [0.1, 0.15) is 0 Å². The zero-order valence-corrected chi connectivity index (χ0v) is 11.5. The van der Waals surface area contributed by atoms with E-state index in [2.05, 4.69) is 43.3 Å². The number of rotatable bonds is 5. The second kappa shape index (κ2) is 5.87. The van der Waals surface area contributed by atoms with E-state index in [-0.39, 0.29) is 12.3 Å². The molecule has 2 heteroatoms. The molecular weight excluding hydrogens is 236 g/mol. The zero-order chi connectivity index (χ0) is 13.8. The van der Waals surface area contributed by atoms with Crippen LogP contribution in [-0.4, -0.2) is 11.1 Å². The van der Waals surface area contributed by atoms with Crippen LogP contribution in [0.15, 0.2) is 36.4 Å². The van der Waals surface area contributed by atoms with Crippen molar-refractivity contribution >= 4 is 16.7 Å². The third kappa shape index (κ3) is 3.34. The Bertz CT molecular complexity index is 587. The number of carboxylic acids is 1. The number of carbonyl (C=O) groups is 1. The molecule has 2 aromatic rings. The van der Waals surface area contributed by atoms with Crippen molar-refractivity contribution in [2.75, 3.05) is 0 Å². The molecule has 0 aliphatic carbocycles. The number of carboxylic acid groups (broad SMARTS) is 1. The van der Waals surface area contributed by atoms with Gasteiger partial charge in [0.15, 0.2) is 0 Å². The van der Waals surface area contributed by atoms with Crippen LogP contribution in [0, 0.1) is 12.8 Å². The first-order valence-electron chi connectivity index (χ1n) is 6.77. The summed E-state index contributed by atoms with van der Waals surface area (Å²) in [5.41, 5.74) is 2.61. The van der Waals surface area contributed by atoms with Crippen molar-refractivity contribution in [1.29, 1.82) is 0 Å². The number of fused-ring (bicyclic) bond motifs is 1. The number of hydrogen-bond acceptors (Lipinski definition) is 1. The number of aliphatic carboxylic acids is 1. The van der Waals surface area contributed by atoms with E-state index < -0.39 is 5.97 Å². The van der Waals surface area contributed by atoms with Gasteiger partial charge in [-0.05, 0) is 47.6 Å². The first-order chi connectivity index (χ1) is 9.08. The summed E-state index contributed by atoms with van der Waals surface area (Å²) in [7, 11) is 0. The summed E-state index contributed by atoms with van der Waals surface area (Å²) in [4.78, 5) is 10.7. The normalized spacial score (nSPS) is 12.5. The molecular formula is C17H20O2. The second-order valence-corrected chi connectivity index (χ2v) is 5.33. The van der Waals surface area contributed by atoms with Gasteiger partial charge < -0.3 is 5.11 Å². The molecule has 0 saturated heterocycles. The van der Waals surface area contributed by atoms with Crippen LogP contribution in [0.1, 0.15) is 30.9 Å².